The van der Waals surface area contributed by atoms with Gasteiger partial charge in [-0.05, 0) is 19.3 Å². The van der Waals surface area contributed by atoms with Crippen LogP contribution < -0.4 is 0 Å². The van der Waals surface area contributed by atoms with Gasteiger partial charge in [-0.15, -0.1) is 11.8 Å². The number of carbonyl (C=O) groups is 2. The zero-order valence-electron chi connectivity index (χ0n) is 18.2. The smallest absolute Gasteiger partial charge is 0.306 e. The Morgan fingerprint density at radius 3 is 1.93 bits per heavy atom. The number of hydrogen-bond donors (Lipinski definition) is 0. The first-order valence-electron chi connectivity index (χ1n) is 11.4. The Labute approximate surface area is 177 Å². The molecule has 1 aromatic carbocycles. The van der Waals surface area contributed by atoms with Crippen LogP contribution >= 0.6 is 0 Å². The van der Waals surface area contributed by atoms with Crippen LogP contribution in [0.25, 0.3) is 0 Å². The van der Waals surface area contributed by atoms with Crippen molar-refractivity contribution in [2.24, 2.45) is 0 Å². The molecular formula is C26H38O3. The Morgan fingerprint density at radius 2 is 1.31 bits per heavy atom. The fourth-order valence-corrected chi connectivity index (χ4v) is 3.11. The molecule has 0 aliphatic carbocycles. The Morgan fingerprint density at radius 1 is 0.759 bits per heavy atom. The third-order valence-electron chi connectivity index (χ3n) is 4.92. The van der Waals surface area contributed by atoms with Crippen LogP contribution in [0, 0.1) is 11.8 Å². The summed E-state index contributed by atoms with van der Waals surface area (Å²) in [5, 5.41) is 0. The number of Topliss-reactive ketones (excluding diaryl/α,β-unsaturated/α-hetero) is 1. The van der Waals surface area contributed by atoms with Gasteiger partial charge in [-0.25, -0.2) is 0 Å². The second kappa shape index (κ2) is 18.0. The van der Waals surface area contributed by atoms with Crippen LogP contribution in [0.1, 0.15) is 107 Å². The molecule has 1 aromatic rings. The lowest BCUT2D eigenvalue weighted by atomic mass is 10.1. The highest BCUT2D eigenvalue weighted by atomic mass is 16.5. The van der Waals surface area contributed by atoms with Gasteiger partial charge in [0.25, 0.3) is 0 Å². The Balaban J connectivity index is 1.87. The maximum atomic E-state index is 11.9. The summed E-state index contributed by atoms with van der Waals surface area (Å²) in [5.74, 6) is 6.13. The predicted molar refractivity (Wildman–Crippen MR) is 120 cm³/mol. The van der Waals surface area contributed by atoms with Gasteiger partial charge in [0.05, 0.1) is 0 Å². The molecular weight excluding hydrogens is 360 g/mol. The first-order chi connectivity index (χ1) is 14.2. The molecule has 0 amide bonds. The molecule has 1 rings (SSSR count). The number of ether oxygens (including phenoxy) is 1. The maximum Gasteiger partial charge on any atom is 0.306 e. The monoisotopic (exact) mass is 398 g/mol. The summed E-state index contributed by atoms with van der Waals surface area (Å²) in [6, 6.07) is 8.93. The van der Waals surface area contributed by atoms with Crippen LogP contribution in [0.3, 0.4) is 0 Å². The average molecular weight is 399 g/mol. The summed E-state index contributed by atoms with van der Waals surface area (Å²) in [6.07, 6.45) is 15.6. The van der Waals surface area contributed by atoms with E-state index in [-0.39, 0.29) is 18.4 Å². The van der Waals surface area contributed by atoms with E-state index in [4.69, 9.17) is 4.74 Å². The number of rotatable bonds is 16. The fraction of sp³-hybridized carbons (Fsp3) is 0.615. The fourth-order valence-electron chi connectivity index (χ4n) is 3.11. The number of esters is 1. The molecule has 0 radical (unpaired) electrons. The van der Waals surface area contributed by atoms with E-state index < -0.39 is 0 Å². The molecule has 0 saturated carbocycles. The third kappa shape index (κ3) is 14.6. The quantitative estimate of drug-likeness (QED) is 0.132. The van der Waals surface area contributed by atoms with Crippen LogP contribution in [0.5, 0.6) is 0 Å². The average Bonchev–Trinajstić information content (AvgIpc) is 2.75. The lowest BCUT2D eigenvalue weighted by molar-refractivity contribution is -0.142. The van der Waals surface area contributed by atoms with Gasteiger partial charge in [0.15, 0.2) is 12.4 Å². The van der Waals surface area contributed by atoms with Gasteiger partial charge in [0.1, 0.15) is 0 Å². The van der Waals surface area contributed by atoms with Crippen molar-refractivity contribution in [3.05, 3.63) is 35.9 Å². The summed E-state index contributed by atoms with van der Waals surface area (Å²) in [5.41, 5.74) is 0.583. The van der Waals surface area contributed by atoms with Gasteiger partial charge in [0, 0.05) is 24.8 Å². The molecule has 0 bridgehead atoms. The molecule has 0 heterocycles. The number of unbranched alkanes of at least 4 members (excludes halogenated alkanes) is 11. The van der Waals surface area contributed by atoms with E-state index in [1.54, 1.807) is 24.3 Å². The van der Waals surface area contributed by atoms with Crippen molar-refractivity contribution in [2.75, 3.05) is 6.61 Å². The van der Waals surface area contributed by atoms with Crippen LogP contribution in [0.4, 0.5) is 0 Å². The number of hydrogen-bond acceptors (Lipinski definition) is 3. The minimum absolute atomic E-state index is 0.151. The molecule has 0 unspecified atom stereocenters. The zero-order valence-corrected chi connectivity index (χ0v) is 18.2. The van der Waals surface area contributed by atoms with Gasteiger partial charge < -0.3 is 4.74 Å². The largest absolute Gasteiger partial charge is 0.457 e. The predicted octanol–water partition coefficient (Wildman–Crippen LogP) is 6.90. The van der Waals surface area contributed by atoms with E-state index in [1.165, 1.54) is 51.4 Å². The van der Waals surface area contributed by atoms with Crippen LogP contribution in [-0.2, 0) is 9.53 Å². The molecule has 0 atom stereocenters. The first-order valence-corrected chi connectivity index (χ1v) is 11.4. The van der Waals surface area contributed by atoms with E-state index in [2.05, 4.69) is 18.8 Å². The highest BCUT2D eigenvalue weighted by molar-refractivity contribution is 5.97. The molecule has 0 aromatic heterocycles. The number of carbonyl (C=O) groups excluding carboxylic acids is 2. The standard InChI is InChI=1S/C26H38O3/c1-2-3-4-5-6-7-8-9-10-11-12-13-14-15-19-22-26(28)29-23-25(27)24-20-17-16-18-21-24/h16-18,20-21H,2-5,8-15,19,22-23H2,1H3. The molecule has 160 valence electrons. The van der Waals surface area contributed by atoms with Crippen molar-refractivity contribution in [3.8, 4) is 11.8 Å². The SMILES string of the molecule is CCCCCC#CCCCCCCCCCCC(=O)OCC(=O)c1ccccc1. The minimum atomic E-state index is -0.273. The van der Waals surface area contributed by atoms with E-state index in [0.29, 0.717) is 12.0 Å². The summed E-state index contributed by atoms with van der Waals surface area (Å²) >= 11 is 0. The molecule has 0 spiro atoms. The normalized spacial score (nSPS) is 10.2. The molecule has 29 heavy (non-hydrogen) atoms. The highest BCUT2D eigenvalue weighted by Crippen LogP contribution is 2.11. The highest BCUT2D eigenvalue weighted by Gasteiger charge is 2.09. The van der Waals surface area contributed by atoms with Gasteiger partial charge in [-0.3, -0.25) is 9.59 Å². The van der Waals surface area contributed by atoms with Crippen molar-refractivity contribution in [1.82, 2.24) is 0 Å². The van der Waals surface area contributed by atoms with Gasteiger partial charge in [-0.1, -0.05) is 88.6 Å². The Hall–Kier alpha value is -2.08. The van der Waals surface area contributed by atoms with E-state index in [9.17, 15) is 9.59 Å². The lowest BCUT2D eigenvalue weighted by Crippen LogP contribution is -2.13. The van der Waals surface area contributed by atoms with Crippen LogP contribution in [0.15, 0.2) is 30.3 Å². The summed E-state index contributed by atoms with van der Waals surface area (Å²) in [7, 11) is 0. The molecule has 0 N–H and O–H groups in total. The maximum absolute atomic E-state index is 11.9. The van der Waals surface area contributed by atoms with Gasteiger partial charge >= 0.3 is 5.97 Å². The number of ketones is 1. The molecule has 0 saturated heterocycles. The summed E-state index contributed by atoms with van der Waals surface area (Å²) < 4.78 is 5.08. The lowest BCUT2D eigenvalue weighted by Gasteiger charge is -2.05. The van der Waals surface area contributed by atoms with Crippen molar-refractivity contribution in [1.29, 1.82) is 0 Å². The Bertz CT molecular complexity index is 610. The van der Waals surface area contributed by atoms with Gasteiger partial charge in [-0.2, -0.15) is 0 Å². The molecule has 0 fully saturated rings. The molecule has 0 aliphatic heterocycles. The second-order valence-electron chi connectivity index (χ2n) is 7.59. The van der Waals surface area contributed by atoms with Crippen LogP contribution in [0.2, 0.25) is 0 Å². The van der Waals surface area contributed by atoms with E-state index >= 15 is 0 Å². The molecule has 3 nitrogen and oxygen atoms in total. The van der Waals surface area contributed by atoms with Crippen molar-refractivity contribution >= 4 is 11.8 Å². The van der Waals surface area contributed by atoms with Crippen LogP contribution in [-0.4, -0.2) is 18.4 Å². The van der Waals surface area contributed by atoms with Crippen molar-refractivity contribution < 1.29 is 14.3 Å². The van der Waals surface area contributed by atoms with E-state index in [0.717, 1.165) is 32.1 Å². The first kappa shape index (κ1) is 25.0. The molecule has 3 heteroatoms. The molecule has 0 aliphatic rings. The topological polar surface area (TPSA) is 43.4 Å². The summed E-state index contributed by atoms with van der Waals surface area (Å²) in [6.45, 7) is 2.06. The third-order valence-corrected chi connectivity index (χ3v) is 4.92. The number of benzene rings is 1. The minimum Gasteiger partial charge on any atom is -0.457 e. The summed E-state index contributed by atoms with van der Waals surface area (Å²) in [4.78, 5) is 23.6. The van der Waals surface area contributed by atoms with Gasteiger partial charge in [0.2, 0.25) is 0 Å². The van der Waals surface area contributed by atoms with Crippen molar-refractivity contribution in [2.45, 2.75) is 96.8 Å². The zero-order chi connectivity index (χ0) is 21.0. The second-order valence-corrected chi connectivity index (χ2v) is 7.59. The van der Waals surface area contributed by atoms with Crippen molar-refractivity contribution in [3.63, 3.8) is 0 Å². The van der Waals surface area contributed by atoms with E-state index in [1.807, 2.05) is 6.07 Å². The Kier molecular flexibility index (Phi) is 15.5.